The number of aliphatic carboxylic acids is 1. The smallest absolute Gasteiger partial charge is 0.330 e. The summed E-state index contributed by atoms with van der Waals surface area (Å²) >= 11 is 0. The molecule has 1 aliphatic rings. The standard InChI is InChI=1S/C14H24O2/c1-12(14(15)16)8-7-11-13-9-5-3-2-4-6-10-13/h13H,1-11H2,(H,15,16). The van der Waals surface area contributed by atoms with Crippen LogP contribution in [0.25, 0.3) is 0 Å². The van der Waals surface area contributed by atoms with Crippen molar-refractivity contribution in [2.24, 2.45) is 5.92 Å². The van der Waals surface area contributed by atoms with E-state index in [-0.39, 0.29) is 0 Å². The normalized spacial score (nSPS) is 18.8. The predicted octanol–water partition coefficient (Wildman–Crippen LogP) is 4.16. The third-order valence-corrected chi connectivity index (χ3v) is 3.62. The SMILES string of the molecule is C=C(CCCC1CCCCCCC1)C(=O)O. The van der Waals surface area contributed by atoms with E-state index in [2.05, 4.69) is 6.58 Å². The highest BCUT2D eigenvalue weighted by Gasteiger charge is 2.12. The van der Waals surface area contributed by atoms with Gasteiger partial charge in [-0.2, -0.15) is 0 Å². The Bertz CT molecular complexity index is 225. The predicted molar refractivity (Wildman–Crippen MR) is 66.4 cm³/mol. The molecule has 1 fully saturated rings. The molecule has 0 unspecified atom stereocenters. The van der Waals surface area contributed by atoms with Gasteiger partial charge in [0.05, 0.1) is 0 Å². The monoisotopic (exact) mass is 224 g/mol. The number of carbonyl (C=O) groups is 1. The fourth-order valence-electron chi connectivity index (χ4n) is 2.54. The number of rotatable bonds is 5. The van der Waals surface area contributed by atoms with Crippen LogP contribution in [0.5, 0.6) is 0 Å². The van der Waals surface area contributed by atoms with E-state index in [1.165, 1.54) is 51.4 Å². The van der Waals surface area contributed by atoms with E-state index in [1.807, 2.05) is 0 Å². The van der Waals surface area contributed by atoms with Crippen molar-refractivity contribution in [3.63, 3.8) is 0 Å². The Balaban J connectivity index is 2.15. The molecule has 2 heteroatoms. The fraction of sp³-hybridized carbons (Fsp3) is 0.786. The van der Waals surface area contributed by atoms with Gasteiger partial charge in [-0.15, -0.1) is 0 Å². The van der Waals surface area contributed by atoms with E-state index in [0.29, 0.717) is 12.0 Å². The molecule has 0 aromatic carbocycles. The zero-order valence-electron chi connectivity index (χ0n) is 10.2. The van der Waals surface area contributed by atoms with E-state index < -0.39 is 5.97 Å². The summed E-state index contributed by atoms with van der Waals surface area (Å²) in [6.45, 7) is 3.57. The summed E-state index contributed by atoms with van der Waals surface area (Å²) in [6.07, 6.45) is 12.4. The van der Waals surface area contributed by atoms with Gasteiger partial charge in [0.15, 0.2) is 0 Å². The first-order valence-corrected chi connectivity index (χ1v) is 6.61. The van der Waals surface area contributed by atoms with Crippen LogP contribution in [0.1, 0.15) is 64.2 Å². The Kier molecular flexibility index (Phi) is 6.20. The molecule has 2 nitrogen and oxygen atoms in total. The molecule has 0 spiro atoms. The van der Waals surface area contributed by atoms with Gasteiger partial charge >= 0.3 is 5.97 Å². The zero-order valence-corrected chi connectivity index (χ0v) is 10.2. The van der Waals surface area contributed by atoms with Crippen molar-refractivity contribution in [3.05, 3.63) is 12.2 Å². The van der Waals surface area contributed by atoms with E-state index in [1.54, 1.807) is 0 Å². The Morgan fingerprint density at radius 1 is 1.12 bits per heavy atom. The lowest BCUT2D eigenvalue weighted by Crippen LogP contribution is -2.05. The number of hydrogen-bond donors (Lipinski definition) is 1. The Morgan fingerprint density at radius 2 is 1.69 bits per heavy atom. The maximum Gasteiger partial charge on any atom is 0.330 e. The average molecular weight is 224 g/mol. The molecule has 1 saturated carbocycles. The minimum atomic E-state index is -0.835. The van der Waals surface area contributed by atoms with E-state index >= 15 is 0 Å². The minimum absolute atomic E-state index is 0.367. The summed E-state index contributed by atoms with van der Waals surface area (Å²) in [5, 5.41) is 8.70. The zero-order chi connectivity index (χ0) is 11.8. The maximum atomic E-state index is 10.6. The summed E-state index contributed by atoms with van der Waals surface area (Å²) in [4.78, 5) is 10.6. The van der Waals surface area contributed by atoms with Crippen LogP contribution in [0, 0.1) is 5.92 Å². The lowest BCUT2D eigenvalue weighted by molar-refractivity contribution is -0.132. The average Bonchev–Trinajstić information content (AvgIpc) is 2.20. The second kappa shape index (κ2) is 7.48. The topological polar surface area (TPSA) is 37.3 Å². The summed E-state index contributed by atoms with van der Waals surface area (Å²) < 4.78 is 0. The van der Waals surface area contributed by atoms with Gasteiger partial charge in [0.25, 0.3) is 0 Å². The van der Waals surface area contributed by atoms with Crippen LogP contribution in [0.15, 0.2) is 12.2 Å². The third kappa shape index (κ3) is 5.34. The third-order valence-electron chi connectivity index (χ3n) is 3.62. The van der Waals surface area contributed by atoms with Gasteiger partial charge in [0, 0.05) is 5.57 Å². The second-order valence-corrected chi connectivity index (χ2v) is 5.01. The van der Waals surface area contributed by atoms with Gasteiger partial charge in [-0.05, 0) is 18.8 Å². The Hall–Kier alpha value is -0.790. The van der Waals surface area contributed by atoms with Crippen LogP contribution in [0.3, 0.4) is 0 Å². The van der Waals surface area contributed by atoms with Crippen LogP contribution < -0.4 is 0 Å². The second-order valence-electron chi connectivity index (χ2n) is 5.01. The molecule has 1 rings (SSSR count). The first kappa shape index (κ1) is 13.3. The van der Waals surface area contributed by atoms with Gasteiger partial charge in [0.1, 0.15) is 0 Å². The first-order valence-electron chi connectivity index (χ1n) is 6.61. The molecule has 0 atom stereocenters. The minimum Gasteiger partial charge on any atom is -0.478 e. The molecule has 0 saturated heterocycles. The largest absolute Gasteiger partial charge is 0.478 e. The van der Waals surface area contributed by atoms with Crippen molar-refractivity contribution in [1.29, 1.82) is 0 Å². The molecule has 1 N–H and O–H groups in total. The molecule has 0 amide bonds. The molecular weight excluding hydrogens is 200 g/mol. The molecule has 0 heterocycles. The van der Waals surface area contributed by atoms with E-state index in [4.69, 9.17) is 5.11 Å². The molecule has 0 aliphatic heterocycles. The van der Waals surface area contributed by atoms with Crippen molar-refractivity contribution < 1.29 is 9.90 Å². The number of carboxylic acids is 1. The highest BCUT2D eigenvalue weighted by molar-refractivity contribution is 5.85. The number of carboxylic acid groups (broad SMARTS) is 1. The van der Waals surface area contributed by atoms with E-state index in [0.717, 1.165) is 12.3 Å². The molecular formula is C14H24O2. The van der Waals surface area contributed by atoms with Crippen LogP contribution in [-0.4, -0.2) is 11.1 Å². The summed E-state index contributed by atoms with van der Waals surface area (Å²) in [5.41, 5.74) is 0.367. The van der Waals surface area contributed by atoms with Gasteiger partial charge in [-0.25, -0.2) is 4.79 Å². The number of hydrogen-bond acceptors (Lipinski definition) is 1. The molecule has 0 radical (unpaired) electrons. The summed E-state index contributed by atoms with van der Waals surface area (Å²) in [6, 6.07) is 0. The van der Waals surface area contributed by atoms with E-state index in [9.17, 15) is 4.79 Å². The lowest BCUT2D eigenvalue weighted by Gasteiger charge is -2.19. The molecule has 0 aromatic rings. The van der Waals surface area contributed by atoms with Gasteiger partial charge in [-0.1, -0.05) is 57.9 Å². The van der Waals surface area contributed by atoms with Crippen LogP contribution in [-0.2, 0) is 4.79 Å². The van der Waals surface area contributed by atoms with Crippen molar-refractivity contribution in [2.75, 3.05) is 0 Å². The van der Waals surface area contributed by atoms with Crippen molar-refractivity contribution >= 4 is 5.97 Å². The van der Waals surface area contributed by atoms with Crippen LogP contribution >= 0.6 is 0 Å². The molecule has 16 heavy (non-hydrogen) atoms. The van der Waals surface area contributed by atoms with Crippen LogP contribution in [0.2, 0.25) is 0 Å². The Labute approximate surface area is 98.7 Å². The highest BCUT2D eigenvalue weighted by atomic mass is 16.4. The summed E-state index contributed by atoms with van der Waals surface area (Å²) in [5.74, 6) is -0.000406. The summed E-state index contributed by atoms with van der Waals surface area (Å²) in [7, 11) is 0. The highest BCUT2D eigenvalue weighted by Crippen LogP contribution is 2.26. The molecule has 0 bridgehead atoms. The quantitative estimate of drug-likeness (QED) is 0.712. The molecule has 0 aromatic heterocycles. The van der Waals surface area contributed by atoms with Crippen molar-refractivity contribution in [1.82, 2.24) is 0 Å². The maximum absolute atomic E-state index is 10.6. The van der Waals surface area contributed by atoms with Crippen LogP contribution in [0.4, 0.5) is 0 Å². The first-order chi connectivity index (χ1) is 7.70. The Morgan fingerprint density at radius 3 is 2.25 bits per heavy atom. The lowest BCUT2D eigenvalue weighted by atomic mass is 9.87. The van der Waals surface area contributed by atoms with Gasteiger partial charge in [-0.3, -0.25) is 0 Å². The van der Waals surface area contributed by atoms with Crippen molar-refractivity contribution in [3.8, 4) is 0 Å². The molecule has 92 valence electrons. The van der Waals surface area contributed by atoms with Gasteiger partial charge < -0.3 is 5.11 Å². The molecule has 1 aliphatic carbocycles. The van der Waals surface area contributed by atoms with Crippen molar-refractivity contribution in [2.45, 2.75) is 64.2 Å². The van der Waals surface area contributed by atoms with Gasteiger partial charge in [0.2, 0.25) is 0 Å². The fourth-order valence-corrected chi connectivity index (χ4v) is 2.54.